The van der Waals surface area contributed by atoms with E-state index in [0.29, 0.717) is 28.1 Å². The molecule has 1 aromatic carbocycles. The minimum atomic E-state index is 0.480. The zero-order valence-electron chi connectivity index (χ0n) is 13.7. The van der Waals surface area contributed by atoms with Crippen LogP contribution in [0.3, 0.4) is 0 Å². The Hall–Kier alpha value is -2.66. The number of hydrogen-bond acceptors (Lipinski definition) is 5. The van der Waals surface area contributed by atoms with E-state index in [1.54, 1.807) is 13.3 Å². The normalized spacial score (nSPS) is 10.5. The molecule has 3 aromatic rings. The van der Waals surface area contributed by atoms with Crippen molar-refractivity contribution in [3.05, 3.63) is 58.9 Å². The number of benzene rings is 1. The van der Waals surface area contributed by atoms with Crippen LogP contribution >= 0.6 is 11.6 Å². The third-order valence-electron chi connectivity index (χ3n) is 3.49. The van der Waals surface area contributed by atoms with E-state index in [-0.39, 0.29) is 0 Å². The summed E-state index contributed by atoms with van der Waals surface area (Å²) in [6, 6.07) is 11.4. The molecule has 0 aliphatic heterocycles. The topological polar surface area (TPSA) is 59.9 Å². The summed E-state index contributed by atoms with van der Waals surface area (Å²) in [5, 5.41) is 3.70. The molecular weight excluding hydrogens is 324 g/mol. The summed E-state index contributed by atoms with van der Waals surface area (Å²) in [7, 11) is 1.63. The van der Waals surface area contributed by atoms with Crippen molar-refractivity contribution in [2.45, 2.75) is 13.8 Å². The number of anilines is 2. The molecule has 2 aromatic heterocycles. The summed E-state index contributed by atoms with van der Waals surface area (Å²) in [5.41, 5.74) is 3.31. The summed E-state index contributed by atoms with van der Waals surface area (Å²) in [6.45, 7) is 3.83. The lowest BCUT2D eigenvalue weighted by Gasteiger charge is -2.12. The van der Waals surface area contributed by atoms with Gasteiger partial charge in [0.15, 0.2) is 11.6 Å². The Kier molecular flexibility index (Phi) is 4.62. The number of halogens is 1. The quantitative estimate of drug-likeness (QED) is 0.754. The number of aromatic nitrogens is 3. The van der Waals surface area contributed by atoms with Crippen LogP contribution in [0.25, 0.3) is 11.5 Å². The standard InChI is InChI=1S/C18H17ClN4O/c1-11-7-8-15(20-10-11)17-21-12(2)16(19)18(23-17)22-13-5-4-6-14(9-13)24-3/h4-10H,1-3H3,(H,21,22,23). The van der Waals surface area contributed by atoms with E-state index in [1.807, 2.05) is 50.2 Å². The van der Waals surface area contributed by atoms with E-state index in [2.05, 4.69) is 20.3 Å². The third-order valence-corrected chi connectivity index (χ3v) is 3.94. The number of ether oxygens (including phenoxy) is 1. The number of aryl methyl sites for hydroxylation is 2. The lowest BCUT2D eigenvalue weighted by Crippen LogP contribution is -2.02. The van der Waals surface area contributed by atoms with Crippen molar-refractivity contribution < 1.29 is 4.74 Å². The molecule has 0 saturated heterocycles. The monoisotopic (exact) mass is 340 g/mol. The zero-order valence-corrected chi connectivity index (χ0v) is 14.4. The molecule has 6 heteroatoms. The first-order valence-electron chi connectivity index (χ1n) is 7.45. The highest BCUT2D eigenvalue weighted by molar-refractivity contribution is 6.33. The molecular formula is C18H17ClN4O. The number of rotatable bonds is 4. The van der Waals surface area contributed by atoms with Crippen LogP contribution in [0.1, 0.15) is 11.3 Å². The molecule has 0 bridgehead atoms. The number of nitrogens with zero attached hydrogens (tertiary/aromatic N) is 3. The second-order valence-electron chi connectivity index (χ2n) is 5.37. The van der Waals surface area contributed by atoms with E-state index in [0.717, 1.165) is 17.0 Å². The fourth-order valence-corrected chi connectivity index (χ4v) is 2.33. The highest BCUT2D eigenvalue weighted by Crippen LogP contribution is 2.29. The Morgan fingerprint density at radius 2 is 1.92 bits per heavy atom. The zero-order chi connectivity index (χ0) is 17.1. The first-order valence-corrected chi connectivity index (χ1v) is 7.83. The Balaban J connectivity index is 1.99. The minimum absolute atomic E-state index is 0.480. The Morgan fingerprint density at radius 1 is 1.08 bits per heavy atom. The van der Waals surface area contributed by atoms with E-state index in [1.165, 1.54) is 0 Å². The molecule has 122 valence electrons. The number of nitrogens with one attached hydrogen (secondary N) is 1. The molecule has 5 nitrogen and oxygen atoms in total. The van der Waals surface area contributed by atoms with Gasteiger partial charge in [-0.2, -0.15) is 0 Å². The maximum absolute atomic E-state index is 6.36. The van der Waals surface area contributed by atoms with Gasteiger partial charge in [-0.05, 0) is 37.6 Å². The predicted molar refractivity (Wildman–Crippen MR) is 96.0 cm³/mol. The van der Waals surface area contributed by atoms with E-state index in [9.17, 15) is 0 Å². The summed E-state index contributed by atoms with van der Waals surface area (Å²) in [6.07, 6.45) is 1.79. The first kappa shape index (κ1) is 16.2. The van der Waals surface area contributed by atoms with E-state index < -0.39 is 0 Å². The van der Waals surface area contributed by atoms with Gasteiger partial charge in [-0.25, -0.2) is 9.97 Å². The molecule has 2 heterocycles. The number of pyridine rings is 1. The predicted octanol–water partition coefficient (Wildman–Crippen LogP) is 4.56. The lowest BCUT2D eigenvalue weighted by atomic mass is 10.2. The minimum Gasteiger partial charge on any atom is -0.497 e. The fraction of sp³-hybridized carbons (Fsp3) is 0.167. The molecule has 0 fully saturated rings. The van der Waals surface area contributed by atoms with Gasteiger partial charge in [0.25, 0.3) is 0 Å². The van der Waals surface area contributed by atoms with Crippen LogP contribution in [0.2, 0.25) is 5.02 Å². The van der Waals surface area contributed by atoms with Crippen LogP contribution in [0.15, 0.2) is 42.6 Å². The van der Waals surface area contributed by atoms with Crippen molar-refractivity contribution >= 4 is 23.1 Å². The van der Waals surface area contributed by atoms with Gasteiger partial charge < -0.3 is 10.1 Å². The summed E-state index contributed by atoms with van der Waals surface area (Å²) >= 11 is 6.36. The first-order chi connectivity index (χ1) is 11.6. The van der Waals surface area contributed by atoms with Gasteiger partial charge in [0, 0.05) is 18.0 Å². The molecule has 0 amide bonds. The van der Waals surface area contributed by atoms with Gasteiger partial charge in [-0.15, -0.1) is 0 Å². The molecule has 0 radical (unpaired) electrons. The van der Waals surface area contributed by atoms with Crippen LogP contribution < -0.4 is 10.1 Å². The summed E-state index contributed by atoms with van der Waals surface area (Å²) in [4.78, 5) is 13.3. The molecule has 0 atom stereocenters. The molecule has 0 unspecified atom stereocenters. The average Bonchev–Trinajstić information content (AvgIpc) is 2.59. The van der Waals surface area contributed by atoms with Gasteiger partial charge in [0.05, 0.1) is 12.8 Å². The Morgan fingerprint density at radius 3 is 2.62 bits per heavy atom. The molecule has 0 saturated carbocycles. The smallest absolute Gasteiger partial charge is 0.180 e. The molecule has 0 aliphatic rings. The lowest BCUT2D eigenvalue weighted by molar-refractivity contribution is 0.415. The van der Waals surface area contributed by atoms with Crippen LogP contribution in [0.4, 0.5) is 11.5 Å². The van der Waals surface area contributed by atoms with Crippen molar-refractivity contribution in [2.75, 3.05) is 12.4 Å². The number of hydrogen-bond donors (Lipinski definition) is 1. The van der Waals surface area contributed by atoms with Crippen LogP contribution in [0.5, 0.6) is 5.75 Å². The van der Waals surface area contributed by atoms with Crippen molar-refractivity contribution in [3.63, 3.8) is 0 Å². The maximum Gasteiger partial charge on any atom is 0.180 e. The second kappa shape index (κ2) is 6.84. The fourth-order valence-electron chi connectivity index (χ4n) is 2.19. The highest BCUT2D eigenvalue weighted by atomic mass is 35.5. The van der Waals surface area contributed by atoms with Crippen molar-refractivity contribution in [3.8, 4) is 17.3 Å². The third kappa shape index (κ3) is 3.46. The number of methoxy groups -OCH3 is 1. The SMILES string of the molecule is COc1cccc(Nc2nc(-c3ccc(C)cn3)nc(C)c2Cl)c1. The Bertz CT molecular complexity index is 865. The molecule has 0 aliphatic carbocycles. The molecule has 1 N–H and O–H groups in total. The van der Waals surface area contributed by atoms with Gasteiger partial charge in [-0.3, -0.25) is 4.98 Å². The van der Waals surface area contributed by atoms with Gasteiger partial charge in [-0.1, -0.05) is 23.7 Å². The Labute approximate surface area is 145 Å². The van der Waals surface area contributed by atoms with Crippen LogP contribution in [-0.4, -0.2) is 22.1 Å². The maximum atomic E-state index is 6.36. The van der Waals surface area contributed by atoms with Gasteiger partial charge >= 0.3 is 0 Å². The second-order valence-corrected chi connectivity index (χ2v) is 5.75. The van der Waals surface area contributed by atoms with Crippen molar-refractivity contribution in [1.29, 1.82) is 0 Å². The summed E-state index contributed by atoms with van der Waals surface area (Å²) < 4.78 is 5.24. The molecule has 24 heavy (non-hydrogen) atoms. The largest absolute Gasteiger partial charge is 0.497 e. The van der Waals surface area contributed by atoms with Crippen molar-refractivity contribution in [1.82, 2.24) is 15.0 Å². The highest BCUT2D eigenvalue weighted by Gasteiger charge is 2.12. The van der Waals surface area contributed by atoms with Crippen LogP contribution in [0, 0.1) is 13.8 Å². The molecule has 0 spiro atoms. The van der Waals surface area contributed by atoms with E-state index >= 15 is 0 Å². The van der Waals surface area contributed by atoms with Crippen LogP contribution in [-0.2, 0) is 0 Å². The van der Waals surface area contributed by atoms with Crippen molar-refractivity contribution in [2.24, 2.45) is 0 Å². The summed E-state index contributed by atoms with van der Waals surface area (Å²) in [5.74, 6) is 1.82. The van der Waals surface area contributed by atoms with Gasteiger partial charge in [0.1, 0.15) is 16.5 Å². The van der Waals surface area contributed by atoms with Gasteiger partial charge in [0.2, 0.25) is 0 Å². The molecule has 3 rings (SSSR count). The van der Waals surface area contributed by atoms with E-state index in [4.69, 9.17) is 16.3 Å². The average molecular weight is 341 g/mol.